The van der Waals surface area contributed by atoms with Crippen molar-refractivity contribution in [1.82, 2.24) is 35.2 Å². The molecule has 0 aliphatic rings. The van der Waals surface area contributed by atoms with E-state index in [0.717, 1.165) is 21.0 Å². The van der Waals surface area contributed by atoms with Gasteiger partial charge >= 0.3 is 0 Å². The molecule has 0 aliphatic carbocycles. The lowest BCUT2D eigenvalue weighted by Crippen LogP contribution is -2.44. The first-order chi connectivity index (χ1) is 13.5. The van der Waals surface area contributed by atoms with E-state index in [2.05, 4.69) is 25.9 Å². The first-order valence-electron chi connectivity index (χ1n) is 8.53. The second-order valence-corrected chi connectivity index (χ2v) is 6.32. The van der Waals surface area contributed by atoms with Gasteiger partial charge in [0.05, 0.1) is 12.6 Å². The number of carbonyl (C=O) groups is 2. The van der Waals surface area contributed by atoms with Crippen LogP contribution < -0.4 is 16.4 Å². The van der Waals surface area contributed by atoms with Crippen LogP contribution in [0.5, 0.6) is 0 Å². The van der Waals surface area contributed by atoms with Crippen LogP contribution in [0.3, 0.4) is 0 Å². The molecule has 4 aromatic rings. The number of carbonyl (C=O) groups excluding carboxylic acids is 2. The SMILES string of the molecule is Cn1ncc2c(=O)n(CC(=O)NNC(=O)Cc3c[nH]c4ccccc34)cnc21. The predicted octanol–water partition coefficient (Wildman–Crippen LogP) is 0.00140. The Morgan fingerprint density at radius 2 is 1.93 bits per heavy atom. The van der Waals surface area contributed by atoms with Crippen molar-refractivity contribution in [2.75, 3.05) is 0 Å². The molecule has 10 nitrogen and oxygen atoms in total. The van der Waals surface area contributed by atoms with Gasteiger partial charge in [-0.25, -0.2) is 4.98 Å². The van der Waals surface area contributed by atoms with Crippen molar-refractivity contribution in [1.29, 1.82) is 0 Å². The molecular weight excluding hydrogens is 362 g/mol. The van der Waals surface area contributed by atoms with Crippen LogP contribution in [-0.4, -0.2) is 36.1 Å². The van der Waals surface area contributed by atoms with E-state index in [1.165, 1.54) is 17.2 Å². The third-order valence-corrected chi connectivity index (χ3v) is 4.40. The summed E-state index contributed by atoms with van der Waals surface area (Å²) in [7, 11) is 1.68. The molecule has 28 heavy (non-hydrogen) atoms. The number of hydrogen-bond acceptors (Lipinski definition) is 5. The summed E-state index contributed by atoms with van der Waals surface area (Å²) >= 11 is 0. The van der Waals surface area contributed by atoms with E-state index < -0.39 is 5.91 Å². The van der Waals surface area contributed by atoms with Crippen molar-refractivity contribution in [3.05, 3.63) is 58.9 Å². The molecule has 3 aromatic heterocycles. The molecule has 0 atom stereocenters. The van der Waals surface area contributed by atoms with Crippen LogP contribution in [-0.2, 0) is 29.6 Å². The van der Waals surface area contributed by atoms with Gasteiger partial charge in [0.25, 0.3) is 11.5 Å². The summed E-state index contributed by atoms with van der Waals surface area (Å²) < 4.78 is 2.64. The van der Waals surface area contributed by atoms with Crippen LogP contribution >= 0.6 is 0 Å². The van der Waals surface area contributed by atoms with E-state index >= 15 is 0 Å². The number of aromatic amines is 1. The van der Waals surface area contributed by atoms with Crippen LogP contribution in [0, 0.1) is 0 Å². The number of benzene rings is 1. The first-order valence-corrected chi connectivity index (χ1v) is 8.53. The van der Waals surface area contributed by atoms with Crippen LogP contribution in [0.15, 0.2) is 47.8 Å². The largest absolute Gasteiger partial charge is 0.361 e. The van der Waals surface area contributed by atoms with Crippen molar-refractivity contribution >= 4 is 33.8 Å². The molecule has 10 heteroatoms. The highest BCUT2D eigenvalue weighted by Gasteiger charge is 2.12. The first kappa shape index (κ1) is 17.5. The fraction of sp³-hybridized carbons (Fsp3) is 0.167. The van der Waals surface area contributed by atoms with Crippen molar-refractivity contribution < 1.29 is 9.59 Å². The molecule has 0 radical (unpaired) electrons. The second-order valence-electron chi connectivity index (χ2n) is 6.32. The summed E-state index contributed by atoms with van der Waals surface area (Å²) in [5, 5.41) is 5.24. The van der Waals surface area contributed by atoms with Gasteiger partial charge in [0.2, 0.25) is 5.91 Å². The summed E-state index contributed by atoms with van der Waals surface area (Å²) in [5.41, 5.74) is 6.50. The molecule has 0 unspecified atom stereocenters. The Labute approximate surface area is 158 Å². The highest BCUT2D eigenvalue weighted by atomic mass is 16.2. The number of aryl methyl sites for hydroxylation is 1. The Morgan fingerprint density at radius 3 is 2.79 bits per heavy atom. The van der Waals surface area contributed by atoms with Crippen LogP contribution in [0.4, 0.5) is 0 Å². The number of hydrazine groups is 1. The lowest BCUT2D eigenvalue weighted by Gasteiger charge is -2.08. The lowest BCUT2D eigenvalue weighted by molar-refractivity contribution is -0.128. The molecule has 0 bridgehead atoms. The van der Waals surface area contributed by atoms with Crippen LogP contribution in [0.2, 0.25) is 0 Å². The molecule has 142 valence electrons. The predicted molar refractivity (Wildman–Crippen MR) is 101 cm³/mol. The number of nitrogens with one attached hydrogen (secondary N) is 3. The van der Waals surface area contributed by atoms with Gasteiger partial charge in [-0.05, 0) is 11.6 Å². The third kappa shape index (κ3) is 3.22. The maximum absolute atomic E-state index is 12.4. The van der Waals surface area contributed by atoms with Crippen molar-refractivity contribution in [2.24, 2.45) is 7.05 Å². The minimum Gasteiger partial charge on any atom is -0.361 e. The van der Waals surface area contributed by atoms with Gasteiger partial charge < -0.3 is 4.98 Å². The maximum atomic E-state index is 12.4. The highest BCUT2D eigenvalue weighted by molar-refractivity contribution is 5.89. The maximum Gasteiger partial charge on any atom is 0.264 e. The number of aromatic nitrogens is 5. The topological polar surface area (TPSA) is 127 Å². The summed E-state index contributed by atoms with van der Waals surface area (Å²) in [6.07, 6.45) is 4.55. The molecular formula is C18H17N7O3. The average Bonchev–Trinajstić information content (AvgIpc) is 3.27. The Balaban J connectivity index is 1.37. The molecule has 0 saturated carbocycles. The highest BCUT2D eigenvalue weighted by Crippen LogP contribution is 2.17. The van der Waals surface area contributed by atoms with Gasteiger partial charge in [-0.2, -0.15) is 5.10 Å². The lowest BCUT2D eigenvalue weighted by atomic mass is 10.1. The summed E-state index contributed by atoms with van der Waals surface area (Å²) in [6, 6.07) is 7.64. The fourth-order valence-corrected chi connectivity index (χ4v) is 3.01. The van der Waals surface area contributed by atoms with Gasteiger partial charge in [0.1, 0.15) is 18.3 Å². The number of hydrogen-bond donors (Lipinski definition) is 3. The summed E-state index contributed by atoms with van der Waals surface area (Å²) in [5.74, 6) is -0.911. The molecule has 1 aromatic carbocycles. The zero-order chi connectivity index (χ0) is 19.7. The van der Waals surface area contributed by atoms with Gasteiger partial charge in [-0.15, -0.1) is 0 Å². The second kappa shape index (κ2) is 6.99. The zero-order valence-corrected chi connectivity index (χ0v) is 15.0. The minimum atomic E-state index is -0.542. The fourth-order valence-electron chi connectivity index (χ4n) is 3.01. The van der Waals surface area contributed by atoms with Gasteiger partial charge in [-0.3, -0.25) is 34.5 Å². The summed E-state index contributed by atoms with van der Waals surface area (Å²) in [6.45, 7) is -0.274. The molecule has 0 spiro atoms. The van der Waals surface area contributed by atoms with E-state index in [-0.39, 0.29) is 24.4 Å². The molecule has 0 saturated heterocycles. The molecule has 4 rings (SSSR count). The van der Waals surface area contributed by atoms with Crippen LogP contribution in [0.1, 0.15) is 5.56 Å². The monoisotopic (exact) mass is 379 g/mol. The number of nitrogens with zero attached hydrogens (tertiary/aromatic N) is 4. The molecule has 3 N–H and O–H groups in total. The van der Waals surface area contributed by atoms with E-state index in [4.69, 9.17) is 0 Å². The standard InChI is InChI=1S/C18H17N7O3/c1-24-17-13(8-21-24)18(28)25(10-20-17)9-16(27)23-22-15(26)6-11-7-19-14-5-3-2-4-12(11)14/h2-5,7-8,10,19H,6,9H2,1H3,(H,22,26)(H,23,27). The van der Waals surface area contributed by atoms with Crippen molar-refractivity contribution in [3.8, 4) is 0 Å². The number of H-pyrrole nitrogens is 1. The van der Waals surface area contributed by atoms with Crippen molar-refractivity contribution in [3.63, 3.8) is 0 Å². The number of fused-ring (bicyclic) bond motifs is 2. The smallest absolute Gasteiger partial charge is 0.264 e. The Kier molecular flexibility index (Phi) is 4.36. The summed E-state index contributed by atoms with van der Waals surface area (Å²) in [4.78, 5) is 43.8. The van der Waals surface area contributed by atoms with E-state index in [0.29, 0.717) is 11.0 Å². The number of para-hydroxylation sites is 1. The van der Waals surface area contributed by atoms with Gasteiger partial charge in [-0.1, -0.05) is 18.2 Å². The molecule has 0 fully saturated rings. The average molecular weight is 379 g/mol. The number of rotatable bonds is 4. The van der Waals surface area contributed by atoms with Crippen LogP contribution in [0.25, 0.3) is 21.9 Å². The minimum absolute atomic E-state index is 0.105. The quantitative estimate of drug-likeness (QED) is 0.430. The zero-order valence-electron chi connectivity index (χ0n) is 15.0. The van der Waals surface area contributed by atoms with E-state index in [1.807, 2.05) is 24.3 Å². The third-order valence-electron chi connectivity index (χ3n) is 4.40. The normalized spacial score (nSPS) is 11.0. The number of amides is 2. The van der Waals surface area contributed by atoms with E-state index in [9.17, 15) is 14.4 Å². The molecule has 0 aliphatic heterocycles. The molecule has 3 heterocycles. The van der Waals surface area contributed by atoms with Gasteiger partial charge in [0, 0.05) is 24.1 Å². The molecule has 2 amide bonds. The Hall–Kier alpha value is -3.95. The van der Waals surface area contributed by atoms with Crippen molar-refractivity contribution in [2.45, 2.75) is 13.0 Å². The Morgan fingerprint density at radius 1 is 1.14 bits per heavy atom. The van der Waals surface area contributed by atoms with Gasteiger partial charge in [0.15, 0.2) is 5.65 Å². The Bertz CT molecular complexity index is 1250. The van der Waals surface area contributed by atoms with E-state index in [1.54, 1.807) is 13.2 Å².